The summed E-state index contributed by atoms with van der Waals surface area (Å²) in [6.07, 6.45) is 8.43. The monoisotopic (exact) mass is 458 g/mol. The zero-order chi connectivity index (χ0) is 23.3. The van der Waals surface area contributed by atoms with E-state index in [1.807, 2.05) is 30.9 Å². The van der Waals surface area contributed by atoms with Crippen LogP contribution in [0.4, 0.5) is 5.82 Å². The van der Waals surface area contributed by atoms with Crippen molar-refractivity contribution in [1.29, 1.82) is 0 Å². The van der Waals surface area contributed by atoms with Gasteiger partial charge in [0.1, 0.15) is 12.4 Å². The van der Waals surface area contributed by atoms with Crippen LogP contribution in [0, 0.1) is 0 Å². The molecule has 10 nitrogen and oxygen atoms in total. The van der Waals surface area contributed by atoms with Crippen molar-refractivity contribution in [3.05, 3.63) is 36.3 Å². The van der Waals surface area contributed by atoms with Gasteiger partial charge in [-0.2, -0.15) is 4.99 Å². The minimum Gasteiger partial charge on any atom is -0.461 e. The lowest BCUT2D eigenvalue weighted by molar-refractivity contribution is -0.120. The smallest absolute Gasteiger partial charge is 0.317 e. The quantitative estimate of drug-likeness (QED) is 0.719. The van der Waals surface area contributed by atoms with E-state index >= 15 is 0 Å². The van der Waals surface area contributed by atoms with Crippen LogP contribution in [0.15, 0.2) is 40.7 Å². The number of ether oxygens (including phenoxy) is 3. The van der Waals surface area contributed by atoms with Gasteiger partial charge < -0.3 is 29.3 Å². The predicted octanol–water partition coefficient (Wildman–Crippen LogP) is 1.93. The molecule has 4 rings (SSSR count). The second-order valence-corrected chi connectivity index (χ2v) is 7.51. The predicted molar refractivity (Wildman–Crippen MR) is 127 cm³/mol. The fourth-order valence-corrected chi connectivity index (χ4v) is 3.54. The standard InChI is InChI=1S/C21H28N6O4.C2H6/c28-20-14-26(13-17-3-4-22-19(12-17)27-7-10-29-11-8-27)16-25-21(24-6-5-23-20)31-15-18-2-1-9-30-18;1-2/h3-6,12,16,18H,1-2,7-11,13-15H2,(H,23,28);1-2H3/b6-5+,24-21-,25-16+;. The van der Waals surface area contributed by atoms with E-state index < -0.39 is 0 Å². The fourth-order valence-electron chi connectivity index (χ4n) is 3.54. The Morgan fingerprint density at radius 2 is 2.09 bits per heavy atom. The van der Waals surface area contributed by atoms with Crippen LogP contribution in [-0.2, 0) is 25.5 Å². The maximum absolute atomic E-state index is 12.2. The molecule has 10 heteroatoms. The van der Waals surface area contributed by atoms with Crippen LogP contribution in [0.2, 0.25) is 0 Å². The topological polar surface area (TPSA) is 101 Å². The lowest BCUT2D eigenvalue weighted by Gasteiger charge is -2.28. The van der Waals surface area contributed by atoms with Gasteiger partial charge in [-0.15, -0.1) is 0 Å². The molecule has 3 aliphatic heterocycles. The summed E-state index contributed by atoms with van der Waals surface area (Å²) in [4.78, 5) is 29.3. The number of amidine groups is 1. The number of aliphatic imine (C=N–C) groups is 2. The van der Waals surface area contributed by atoms with Crippen molar-refractivity contribution in [2.75, 3.05) is 51.0 Å². The molecule has 0 radical (unpaired) electrons. The van der Waals surface area contributed by atoms with E-state index in [9.17, 15) is 4.79 Å². The van der Waals surface area contributed by atoms with Gasteiger partial charge in [0.25, 0.3) is 0 Å². The number of hydrogen-bond acceptors (Lipinski definition) is 9. The first-order chi connectivity index (χ1) is 16.3. The first-order valence-corrected chi connectivity index (χ1v) is 11.6. The Morgan fingerprint density at radius 1 is 1.24 bits per heavy atom. The third-order valence-electron chi connectivity index (χ3n) is 5.13. The second-order valence-electron chi connectivity index (χ2n) is 7.51. The Bertz CT molecular complexity index is 832. The first-order valence-electron chi connectivity index (χ1n) is 11.6. The van der Waals surface area contributed by atoms with E-state index in [0.717, 1.165) is 43.9 Å². The first kappa shape index (κ1) is 24.7. The summed E-state index contributed by atoms with van der Waals surface area (Å²) < 4.78 is 16.7. The molecule has 0 aromatic carbocycles. The van der Waals surface area contributed by atoms with Crippen molar-refractivity contribution in [3.63, 3.8) is 0 Å². The number of amides is 1. The van der Waals surface area contributed by atoms with Gasteiger partial charge >= 0.3 is 6.02 Å². The van der Waals surface area contributed by atoms with Crippen molar-refractivity contribution in [2.24, 2.45) is 9.98 Å². The van der Waals surface area contributed by atoms with E-state index in [-0.39, 0.29) is 24.6 Å². The molecule has 1 amide bonds. The van der Waals surface area contributed by atoms with Gasteiger partial charge in [0.15, 0.2) is 0 Å². The number of nitrogens with one attached hydrogen (secondary N) is 1. The molecule has 0 bridgehead atoms. The maximum atomic E-state index is 12.2. The lowest BCUT2D eigenvalue weighted by atomic mass is 10.2. The molecule has 1 unspecified atom stereocenters. The average Bonchev–Trinajstić information content (AvgIpc) is 3.38. The molecule has 4 heterocycles. The molecule has 33 heavy (non-hydrogen) atoms. The van der Waals surface area contributed by atoms with Gasteiger partial charge in [-0.1, -0.05) is 13.8 Å². The second kappa shape index (κ2) is 13.5. The van der Waals surface area contributed by atoms with Gasteiger partial charge in [0.05, 0.1) is 32.2 Å². The molecule has 180 valence electrons. The van der Waals surface area contributed by atoms with Crippen molar-refractivity contribution in [3.8, 4) is 0 Å². The number of nitrogens with zero attached hydrogens (tertiary/aromatic N) is 5. The molecule has 1 aromatic heterocycles. The molecule has 1 N–H and O–H groups in total. The molecule has 0 aliphatic carbocycles. The molecule has 0 saturated carbocycles. The minimum atomic E-state index is -0.149. The summed E-state index contributed by atoms with van der Waals surface area (Å²) in [6, 6.07) is 4.22. The number of carbonyl (C=O) groups is 1. The zero-order valence-electron chi connectivity index (χ0n) is 19.5. The molecule has 2 fully saturated rings. The third kappa shape index (κ3) is 8.14. The average molecular weight is 459 g/mol. The zero-order valence-corrected chi connectivity index (χ0v) is 19.5. The summed E-state index contributed by atoms with van der Waals surface area (Å²) in [5.74, 6) is 0.762. The number of carbonyl (C=O) groups excluding carboxylic acids is 1. The van der Waals surface area contributed by atoms with Crippen molar-refractivity contribution >= 4 is 24.1 Å². The number of morpholine rings is 1. The van der Waals surface area contributed by atoms with E-state index in [2.05, 4.69) is 25.2 Å². The molecule has 3 aliphatic rings. The molecule has 2 saturated heterocycles. The summed E-state index contributed by atoms with van der Waals surface area (Å²) >= 11 is 0. The van der Waals surface area contributed by atoms with E-state index in [1.54, 1.807) is 12.5 Å². The summed E-state index contributed by atoms with van der Waals surface area (Å²) in [6.45, 7) is 8.86. The lowest BCUT2D eigenvalue weighted by Crippen LogP contribution is -2.37. The van der Waals surface area contributed by atoms with Crippen LogP contribution in [0.25, 0.3) is 0 Å². The number of aromatic nitrogens is 1. The molecule has 1 aromatic rings. The molecule has 0 spiro atoms. The molecular formula is C23H34N6O4. The number of hydrogen-bond donors (Lipinski definition) is 1. The van der Waals surface area contributed by atoms with E-state index in [4.69, 9.17) is 14.2 Å². The Hall–Kier alpha value is -2.98. The highest BCUT2D eigenvalue weighted by molar-refractivity contribution is 5.86. The highest BCUT2D eigenvalue weighted by atomic mass is 16.5. The maximum Gasteiger partial charge on any atom is 0.317 e. The van der Waals surface area contributed by atoms with Crippen LogP contribution in [0.3, 0.4) is 0 Å². The summed E-state index contributed by atoms with van der Waals surface area (Å²) in [7, 11) is 0. The van der Waals surface area contributed by atoms with Crippen LogP contribution in [-0.4, -0.2) is 80.3 Å². The Labute approximate surface area is 195 Å². The van der Waals surface area contributed by atoms with Crippen LogP contribution in [0.1, 0.15) is 32.3 Å². The Kier molecular flexibility index (Phi) is 10.1. The highest BCUT2D eigenvalue weighted by Gasteiger charge is 2.17. The van der Waals surface area contributed by atoms with Crippen LogP contribution >= 0.6 is 0 Å². The highest BCUT2D eigenvalue weighted by Crippen LogP contribution is 2.16. The van der Waals surface area contributed by atoms with Crippen molar-refractivity contribution in [2.45, 2.75) is 39.3 Å². The normalized spacial score (nSPS) is 24.6. The van der Waals surface area contributed by atoms with E-state index in [1.165, 1.54) is 12.4 Å². The van der Waals surface area contributed by atoms with Crippen molar-refractivity contribution in [1.82, 2.24) is 15.2 Å². The number of anilines is 1. The van der Waals surface area contributed by atoms with Crippen LogP contribution in [0.5, 0.6) is 0 Å². The van der Waals surface area contributed by atoms with Crippen LogP contribution < -0.4 is 10.2 Å². The molecular weight excluding hydrogens is 424 g/mol. The van der Waals surface area contributed by atoms with E-state index in [0.29, 0.717) is 26.4 Å². The number of pyridine rings is 1. The van der Waals surface area contributed by atoms with Crippen molar-refractivity contribution < 1.29 is 19.0 Å². The summed E-state index contributed by atoms with van der Waals surface area (Å²) in [5, 5.41) is 2.70. The van der Waals surface area contributed by atoms with Gasteiger partial charge in [-0.05, 0) is 30.5 Å². The fraction of sp³-hybridized carbons (Fsp3) is 0.565. The third-order valence-corrected chi connectivity index (χ3v) is 5.13. The molecule has 1 atom stereocenters. The van der Waals surface area contributed by atoms with Gasteiger partial charge in [-0.25, -0.2) is 9.98 Å². The van der Waals surface area contributed by atoms with Gasteiger partial charge in [0.2, 0.25) is 5.91 Å². The minimum absolute atomic E-state index is 0.0727. The van der Waals surface area contributed by atoms with Gasteiger partial charge in [-0.3, -0.25) is 4.79 Å². The van der Waals surface area contributed by atoms with Gasteiger partial charge in [0, 0.05) is 44.8 Å². The Morgan fingerprint density at radius 3 is 2.88 bits per heavy atom. The SMILES string of the molecule is CC.O=C1CN(Cc2ccnc(N3CCOCC3)c2)/C=N/C(OCC2CCCO2)=N/C=C/N1. The largest absolute Gasteiger partial charge is 0.461 e. The summed E-state index contributed by atoms with van der Waals surface area (Å²) in [5.41, 5.74) is 1.03. The number of rotatable bonds is 5. The Balaban J connectivity index is 0.00000149.